The molecule has 0 unspecified atom stereocenters. The van der Waals surface area contributed by atoms with Crippen LogP contribution in [0.1, 0.15) is 29.3 Å². The van der Waals surface area contributed by atoms with Crippen molar-refractivity contribution in [3.8, 4) is 5.69 Å². The van der Waals surface area contributed by atoms with Gasteiger partial charge in [0.2, 0.25) is 0 Å². The minimum absolute atomic E-state index is 0.345. The summed E-state index contributed by atoms with van der Waals surface area (Å²) in [5.41, 5.74) is 4.03. The number of benzene rings is 1. The molecule has 1 aromatic carbocycles. The topological polar surface area (TPSA) is 84.7 Å². The number of rotatable bonds is 4. The van der Waals surface area contributed by atoms with E-state index in [1.165, 1.54) is 0 Å². The Morgan fingerprint density at radius 1 is 1.31 bits per heavy atom. The van der Waals surface area contributed by atoms with E-state index in [1.54, 1.807) is 40.5 Å². The van der Waals surface area contributed by atoms with E-state index in [2.05, 4.69) is 25.7 Å². The van der Waals surface area contributed by atoms with Crippen LogP contribution in [0.25, 0.3) is 16.0 Å². The Kier molecular flexibility index (Phi) is 4.44. The van der Waals surface area contributed by atoms with E-state index in [4.69, 9.17) is 11.6 Å². The number of hydrogen-bond acceptors (Lipinski definition) is 5. The fourth-order valence-electron chi connectivity index (χ4n) is 3.35. The lowest BCUT2D eigenvalue weighted by Gasteiger charge is -2.13. The van der Waals surface area contributed by atoms with Crippen molar-refractivity contribution in [2.45, 2.75) is 25.7 Å². The van der Waals surface area contributed by atoms with Crippen molar-refractivity contribution >= 4 is 50.7 Å². The number of aromatic nitrogens is 4. The van der Waals surface area contributed by atoms with Crippen LogP contribution in [0.5, 0.6) is 0 Å². The molecule has 0 radical (unpaired) electrons. The first kappa shape index (κ1) is 18.1. The van der Waals surface area contributed by atoms with E-state index in [0.717, 1.165) is 39.4 Å². The Morgan fingerprint density at radius 2 is 2.17 bits per heavy atom. The number of fused-ring (bicyclic) bond motifs is 1. The Morgan fingerprint density at radius 3 is 2.90 bits per heavy atom. The Bertz CT molecular complexity index is 1220. The number of thiazole rings is 1. The number of anilines is 2. The largest absolute Gasteiger partial charge is 0.323 e. The summed E-state index contributed by atoms with van der Waals surface area (Å²) in [6, 6.07) is 6.78. The number of pyridine rings is 1. The zero-order valence-electron chi connectivity index (χ0n) is 15.5. The Labute approximate surface area is 175 Å². The second-order valence-electron chi connectivity index (χ2n) is 6.94. The summed E-state index contributed by atoms with van der Waals surface area (Å²) < 4.78 is 1.67. The normalized spacial score (nSPS) is 13.6. The molecule has 4 aromatic rings. The molecular weight excluding hydrogens is 408 g/mol. The number of carbonyl (C=O) groups excluding carboxylic acids is 1. The SMILES string of the molecule is Cc1nc2c(C3CC3)c(NC(=O)Nc3ccc(-n4cccn4)c(Cl)c3)cnc2s1. The molecule has 2 N–H and O–H groups in total. The number of carbonyl (C=O) groups is 1. The highest BCUT2D eigenvalue weighted by Crippen LogP contribution is 2.46. The first-order chi connectivity index (χ1) is 14.1. The van der Waals surface area contributed by atoms with Crippen LogP contribution in [0.15, 0.2) is 42.9 Å². The number of amides is 2. The van der Waals surface area contributed by atoms with Crippen LogP contribution >= 0.6 is 22.9 Å². The summed E-state index contributed by atoms with van der Waals surface area (Å²) in [6.07, 6.45) is 7.43. The first-order valence-electron chi connectivity index (χ1n) is 9.22. The molecule has 3 heterocycles. The summed E-state index contributed by atoms with van der Waals surface area (Å²) in [5.74, 6) is 0.431. The smallest absolute Gasteiger partial charge is 0.308 e. The molecule has 1 saturated carbocycles. The predicted molar refractivity (Wildman–Crippen MR) is 115 cm³/mol. The van der Waals surface area contributed by atoms with Gasteiger partial charge in [0, 0.05) is 23.6 Å². The van der Waals surface area contributed by atoms with E-state index in [1.807, 2.05) is 25.3 Å². The monoisotopic (exact) mass is 424 g/mol. The van der Waals surface area contributed by atoms with E-state index < -0.39 is 0 Å². The summed E-state index contributed by atoms with van der Waals surface area (Å²) in [5, 5.41) is 11.4. The fraction of sp³-hybridized carbons (Fsp3) is 0.200. The second kappa shape index (κ2) is 7.13. The summed E-state index contributed by atoms with van der Waals surface area (Å²) in [7, 11) is 0. The molecule has 0 aliphatic heterocycles. The number of hydrogen-bond donors (Lipinski definition) is 2. The second-order valence-corrected chi connectivity index (χ2v) is 8.53. The van der Waals surface area contributed by atoms with Crippen LogP contribution in [0.4, 0.5) is 16.2 Å². The molecular formula is C20H17ClN6OS. The van der Waals surface area contributed by atoms with Gasteiger partial charge < -0.3 is 10.6 Å². The standard InChI is InChI=1S/C20H17ClN6OS/c1-11-24-18-17(12-3-4-12)15(10-22-19(18)29-11)26-20(28)25-13-5-6-16(14(21)9-13)27-8-2-7-23-27/h2,5-10,12H,3-4H2,1H3,(H2,25,26,28). The van der Waals surface area contributed by atoms with Gasteiger partial charge in [-0.3, -0.25) is 0 Å². The quantitative estimate of drug-likeness (QED) is 0.461. The molecule has 146 valence electrons. The summed E-state index contributed by atoms with van der Waals surface area (Å²) >= 11 is 7.93. The lowest BCUT2D eigenvalue weighted by molar-refractivity contribution is 0.262. The minimum Gasteiger partial charge on any atom is -0.308 e. The average Bonchev–Trinajstić information content (AvgIpc) is 3.21. The summed E-state index contributed by atoms with van der Waals surface area (Å²) in [4.78, 5) is 22.6. The van der Waals surface area contributed by atoms with Crippen molar-refractivity contribution in [2.75, 3.05) is 10.6 Å². The van der Waals surface area contributed by atoms with Crippen LogP contribution in [-0.4, -0.2) is 25.8 Å². The van der Waals surface area contributed by atoms with Crippen LogP contribution in [0.3, 0.4) is 0 Å². The highest BCUT2D eigenvalue weighted by Gasteiger charge is 2.30. The molecule has 3 aromatic heterocycles. The maximum Gasteiger partial charge on any atom is 0.323 e. The maximum absolute atomic E-state index is 12.6. The minimum atomic E-state index is -0.345. The van der Waals surface area contributed by atoms with E-state index in [0.29, 0.717) is 22.3 Å². The van der Waals surface area contributed by atoms with Gasteiger partial charge in [0.25, 0.3) is 0 Å². The summed E-state index contributed by atoms with van der Waals surface area (Å²) in [6.45, 7) is 1.97. The van der Waals surface area contributed by atoms with Gasteiger partial charge in [-0.05, 0) is 49.9 Å². The van der Waals surface area contributed by atoms with Crippen LogP contribution in [-0.2, 0) is 0 Å². The highest BCUT2D eigenvalue weighted by atomic mass is 35.5. The van der Waals surface area contributed by atoms with Crippen LogP contribution < -0.4 is 10.6 Å². The van der Waals surface area contributed by atoms with Crippen molar-refractivity contribution in [1.82, 2.24) is 19.7 Å². The molecule has 29 heavy (non-hydrogen) atoms. The molecule has 0 saturated heterocycles. The van der Waals surface area contributed by atoms with Crippen LogP contribution in [0.2, 0.25) is 5.02 Å². The van der Waals surface area contributed by atoms with Gasteiger partial charge in [0.05, 0.1) is 27.6 Å². The van der Waals surface area contributed by atoms with Gasteiger partial charge in [0.15, 0.2) is 0 Å². The number of aryl methyl sites for hydroxylation is 1. The van der Waals surface area contributed by atoms with Gasteiger partial charge in [-0.15, -0.1) is 0 Å². The predicted octanol–water partition coefficient (Wildman–Crippen LogP) is 5.36. The number of nitrogens with zero attached hydrogens (tertiary/aromatic N) is 4. The average molecular weight is 425 g/mol. The Hall–Kier alpha value is -2.97. The first-order valence-corrected chi connectivity index (χ1v) is 10.4. The molecule has 5 rings (SSSR count). The van der Waals surface area contributed by atoms with Crippen LogP contribution in [0, 0.1) is 6.92 Å². The van der Waals surface area contributed by atoms with Gasteiger partial charge in [0.1, 0.15) is 10.3 Å². The molecule has 0 spiro atoms. The van der Waals surface area contributed by atoms with Gasteiger partial charge >= 0.3 is 6.03 Å². The molecule has 1 aliphatic carbocycles. The van der Waals surface area contributed by atoms with Gasteiger partial charge in [-0.25, -0.2) is 19.4 Å². The van der Waals surface area contributed by atoms with Crippen molar-refractivity contribution in [2.24, 2.45) is 0 Å². The molecule has 0 atom stereocenters. The molecule has 1 fully saturated rings. The third kappa shape index (κ3) is 3.56. The zero-order chi connectivity index (χ0) is 20.0. The molecule has 9 heteroatoms. The van der Waals surface area contributed by atoms with Gasteiger partial charge in [-0.2, -0.15) is 5.10 Å². The maximum atomic E-state index is 12.6. The van der Waals surface area contributed by atoms with Crippen molar-refractivity contribution in [3.63, 3.8) is 0 Å². The zero-order valence-corrected chi connectivity index (χ0v) is 17.1. The molecule has 0 bridgehead atoms. The van der Waals surface area contributed by atoms with E-state index in [-0.39, 0.29) is 6.03 Å². The highest BCUT2D eigenvalue weighted by molar-refractivity contribution is 7.18. The number of urea groups is 1. The molecule has 1 aliphatic rings. The van der Waals surface area contributed by atoms with E-state index >= 15 is 0 Å². The molecule has 2 amide bonds. The van der Waals surface area contributed by atoms with Gasteiger partial charge in [-0.1, -0.05) is 22.9 Å². The lowest BCUT2D eigenvalue weighted by Crippen LogP contribution is -2.20. The number of nitrogens with one attached hydrogen (secondary N) is 2. The van der Waals surface area contributed by atoms with Crippen molar-refractivity contribution in [3.05, 3.63) is 58.4 Å². The number of halogens is 1. The third-order valence-corrected chi connectivity index (χ3v) is 5.94. The van der Waals surface area contributed by atoms with E-state index in [9.17, 15) is 4.79 Å². The van der Waals surface area contributed by atoms with Crippen molar-refractivity contribution < 1.29 is 4.79 Å². The Balaban J connectivity index is 1.37. The third-order valence-electron chi connectivity index (χ3n) is 4.76. The fourth-order valence-corrected chi connectivity index (χ4v) is 4.39. The molecule has 7 nitrogen and oxygen atoms in total. The lowest BCUT2D eigenvalue weighted by atomic mass is 10.1. The van der Waals surface area contributed by atoms with Crippen molar-refractivity contribution in [1.29, 1.82) is 0 Å².